The summed E-state index contributed by atoms with van der Waals surface area (Å²) in [5, 5.41) is 9.65. The van der Waals surface area contributed by atoms with Crippen molar-refractivity contribution in [3.05, 3.63) is 42.0 Å². The van der Waals surface area contributed by atoms with E-state index in [1.54, 1.807) is 0 Å². The number of carbonyl (C=O) groups is 1. The van der Waals surface area contributed by atoms with Crippen LogP contribution >= 0.6 is 0 Å². The minimum Gasteiger partial charge on any atom is -0.339 e. The summed E-state index contributed by atoms with van der Waals surface area (Å²) in [4.78, 5) is 16.2. The number of aromatic nitrogens is 2. The van der Waals surface area contributed by atoms with Crippen molar-refractivity contribution in [2.45, 2.75) is 44.4 Å². The molecule has 1 heterocycles. The van der Waals surface area contributed by atoms with Crippen molar-refractivity contribution in [3.63, 3.8) is 0 Å². The van der Waals surface area contributed by atoms with E-state index in [0.29, 0.717) is 24.8 Å². The number of anilines is 1. The van der Waals surface area contributed by atoms with E-state index in [1.807, 2.05) is 30.3 Å². The highest BCUT2D eigenvalue weighted by Gasteiger charge is 2.20. The van der Waals surface area contributed by atoms with Gasteiger partial charge in [0.05, 0.1) is 0 Å². The molecule has 1 aromatic heterocycles. The fraction of sp³-hybridized carbons (Fsp3) is 0.471. The van der Waals surface area contributed by atoms with E-state index >= 15 is 0 Å². The Balaban J connectivity index is 1.42. The molecule has 6 nitrogen and oxygen atoms in total. The van der Waals surface area contributed by atoms with Crippen molar-refractivity contribution in [3.8, 4) is 0 Å². The number of para-hydroxylation sites is 1. The highest BCUT2D eigenvalue weighted by Crippen LogP contribution is 2.30. The number of hydrogen-bond acceptors (Lipinski definition) is 4. The van der Waals surface area contributed by atoms with Gasteiger partial charge < -0.3 is 15.2 Å². The summed E-state index contributed by atoms with van der Waals surface area (Å²) in [6.45, 7) is 0.463. The standard InChI is InChI=1S/C17H22N4O2/c22-17(19-14-9-5-2-6-10-14)18-12-11-15-20-16(21-23-15)13-7-3-1-4-8-13/h2,5-6,9-10,13H,1,3-4,7-8,11-12H2,(H2,18,19,22). The van der Waals surface area contributed by atoms with Gasteiger partial charge in [-0.05, 0) is 25.0 Å². The number of amides is 2. The molecule has 1 aliphatic carbocycles. The average molecular weight is 314 g/mol. The van der Waals surface area contributed by atoms with E-state index in [1.165, 1.54) is 19.3 Å². The van der Waals surface area contributed by atoms with Gasteiger partial charge in [-0.1, -0.05) is 42.6 Å². The van der Waals surface area contributed by atoms with Gasteiger partial charge in [0.25, 0.3) is 0 Å². The van der Waals surface area contributed by atoms with E-state index in [0.717, 1.165) is 24.4 Å². The molecule has 1 saturated carbocycles. The molecule has 2 aromatic rings. The number of nitrogens with zero attached hydrogens (tertiary/aromatic N) is 2. The molecular formula is C17H22N4O2. The van der Waals surface area contributed by atoms with Gasteiger partial charge in [0.1, 0.15) is 0 Å². The lowest BCUT2D eigenvalue weighted by Gasteiger charge is -2.17. The van der Waals surface area contributed by atoms with E-state index in [4.69, 9.17) is 4.52 Å². The molecule has 23 heavy (non-hydrogen) atoms. The van der Waals surface area contributed by atoms with Crippen LogP contribution in [0, 0.1) is 0 Å². The second-order valence-corrected chi connectivity index (χ2v) is 5.88. The smallest absolute Gasteiger partial charge is 0.319 e. The maximum absolute atomic E-state index is 11.8. The molecule has 0 bridgehead atoms. The van der Waals surface area contributed by atoms with Crippen LogP contribution in [0.3, 0.4) is 0 Å². The van der Waals surface area contributed by atoms with Gasteiger partial charge in [0.15, 0.2) is 5.82 Å². The van der Waals surface area contributed by atoms with Crippen LogP contribution in [0.1, 0.15) is 49.7 Å². The van der Waals surface area contributed by atoms with Crippen LogP contribution in [0.4, 0.5) is 10.5 Å². The van der Waals surface area contributed by atoms with Gasteiger partial charge in [-0.3, -0.25) is 0 Å². The topological polar surface area (TPSA) is 80.1 Å². The molecule has 6 heteroatoms. The van der Waals surface area contributed by atoms with Crippen LogP contribution in [-0.4, -0.2) is 22.7 Å². The van der Waals surface area contributed by atoms with Crippen molar-refractivity contribution in [2.24, 2.45) is 0 Å². The van der Waals surface area contributed by atoms with Crippen LogP contribution in [0.2, 0.25) is 0 Å². The maximum atomic E-state index is 11.8. The van der Waals surface area contributed by atoms with Crippen molar-refractivity contribution in [2.75, 3.05) is 11.9 Å². The Morgan fingerprint density at radius 1 is 1.17 bits per heavy atom. The van der Waals surface area contributed by atoms with Crippen molar-refractivity contribution < 1.29 is 9.32 Å². The van der Waals surface area contributed by atoms with E-state index < -0.39 is 0 Å². The second kappa shape index (κ2) is 7.76. The fourth-order valence-corrected chi connectivity index (χ4v) is 2.88. The maximum Gasteiger partial charge on any atom is 0.319 e. The Morgan fingerprint density at radius 3 is 2.74 bits per heavy atom. The molecule has 1 fully saturated rings. The van der Waals surface area contributed by atoms with Crippen LogP contribution in [0.15, 0.2) is 34.9 Å². The third kappa shape index (κ3) is 4.55. The first kappa shape index (κ1) is 15.5. The van der Waals surface area contributed by atoms with Crippen molar-refractivity contribution in [1.82, 2.24) is 15.5 Å². The highest BCUT2D eigenvalue weighted by atomic mass is 16.5. The molecule has 3 rings (SSSR count). The summed E-state index contributed by atoms with van der Waals surface area (Å²) in [5.74, 6) is 1.86. The van der Waals surface area contributed by atoms with Gasteiger partial charge in [0, 0.05) is 24.6 Å². The lowest BCUT2D eigenvalue weighted by Crippen LogP contribution is -2.30. The predicted molar refractivity (Wildman–Crippen MR) is 87.3 cm³/mol. The van der Waals surface area contributed by atoms with E-state index in [-0.39, 0.29) is 6.03 Å². The first-order valence-electron chi connectivity index (χ1n) is 8.23. The second-order valence-electron chi connectivity index (χ2n) is 5.88. The zero-order valence-electron chi connectivity index (χ0n) is 13.1. The number of urea groups is 1. The lowest BCUT2D eigenvalue weighted by atomic mass is 9.89. The Bertz CT molecular complexity index is 621. The normalized spacial score (nSPS) is 15.3. The number of rotatable bonds is 5. The summed E-state index contributed by atoms with van der Waals surface area (Å²) >= 11 is 0. The number of hydrogen-bond donors (Lipinski definition) is 2. The zero-order chi connectivity index (χ0) is 15.9. The summed E-state index contributed by atoms with van der Waals surface area (Å²) in [6, 6.07) is 9.11. The Labute approximate surface area is 135 Å². The molecule has 0 spiro atoms. The summed E-state index contributed by atoms with van der Waals surface area (Å²) in [7, 11) is 0. The summed E-state index contributed by atoms with van der Waals surface area (Å²) in [5.41, 5.74) is 0.766. The summed E-state index contributed by atoms with van der Waals surface area (Å²) < 4.78 is 5.29. The zero-order valence-corrected chi connectivity index (χ0v) is 13.1. The fourth-order valence-electron chi connectivity index (χ4n) is 2.88. The first-order valence-corrected chi connectivity index (χ1v) is 8.23. The van der Waals surface area contributed by atoms with Crippen molar-refractivity contribution >= 4 is 11.7 Å². The first-order chi connectivity index (χ1) is 11.3. The van der Waals surface area contributed by atoms with E-state index in [9.17, 15) is 4.79 Å². The van der Waals surface area contributed by atoms with Crippen molar-refractivity contribution in [1.29, 1.82) is 0 Å². The van der Waals surface area contributed by atoms with Gasteiger partial charge in [-0.15, -0.1) is 0 Å². The van der Waals surface area contributed by atoms with Crippen LogP contribution in [0.25, 0.3) is 0 Å². The molecule has 0 unspecified atom stereocenters. The minimum absolute atomic E-state index is 0.233. The Hall–Kier alpha value is -2.37. The minimum atomic E-state index is -0.233. The van der Waals surface area contributed by atoms with Crippen LogP contribution in [0.5, 0.6) is 0 Å². The Morgan fingerprint density at radius 2 is 1.96 bits per heavy atom. The number of benzene rings is 1. The summed E-state index contributed by atoms with van der Waals surface area (Å²) in [6.07, 6.45) is 6.64. The third-order valence-corrected chi connectivity index (χ3v) is 4.11. The van der Waals surface area contributed by atoms with Crippen LogP contribution in [-0.2, 0) is 6.42 Å². The molecule has 2 amide bonds. The SMILES string of the molecule is O=C(NCCc1nc(C2CCCCC2)no1)Nc1ccccc1. The molecule has 1 aliphatic rings. The largest absolute Gasteiger partial charge is 0.339 e. The lowest BCUT2D eigenvalue weighted by molar-refractivity contribution is 0.252. The highest BCUT2D eigenvalue weighted by molar-refractivity contribution is 5.89. The Kier molecular flexibility index (Phi) is 5.24. The molecule has 0 saturated heterocycles. The van der Waals surface area contributed by atoms with Gasteiger partial charge in [-0.25, -0.2) is 4.79 Å². The molecule has 0 atom stereocenters. The molecule has 0 aliphatic heterocycles. The molecular weight excluding hydrogens is 292 g/mol. The van der Waals surface area contributed by atoms with Gasteiger partial charge in [-0.2, -0.15) is 4.98 Å². The quantitative estimate of drug-likeness (QED) is 0.885. The molecule has 0 radical (unpaired) electrons. The average Bonchev–Trinajstić information content (AvgIpc) is 3.05. The third-order valence-electron chi connectivity index (χ3n) is 4.11. The number of carbonyl (C=O) groups excluding carboxylic acids is 1. The monoisotopic (exact) mass is 314 g/mol. The van der Waals surface area contributed by atoms with Gasteiger partial charge in [0.2, 0.25) is 5.89 Å². The van der Waals surface area contributed by atoms with Gasteiger partial charge >= 0.3 is 6.03 Å². The molecule has 122 valence electrons. The van der Waals surface area contributed by atoms with Crippen LogP contribution < -0.4 is 10.6 Å². The predicted octanol–water partition coefficient (Wildman–Crippen LogP) is 3.48. The number of nitrogens with one attached hydrogen (secondary N) is 2. The molecule has 2 N–H and O–H groups in total. The molecule has 1 aromatic carbocycles. The van der Waals surface area contributed by atoms with E-state index in [2.05, 4.69) is 20.8 Å².